The zero-order chi connectivity index (χ0) is 10.9. The van der Waals surface area contributed by atoms with Crippen molar-refractivity contribution in [1.82, 2.24) is 0 Å². The molecule has 1 aliphatic carbocycles. The molecule has 0 saturated heterocycles. The van der Waals surface area contributed by atoms with Crippen molar-refractivity contribution in [2.45, 2.75) is 11.2 Å². The molecular formula is C12H11ClFN. The minimum Gasteiger partial charge on any atom is -0.294 e. The molecule has 1 aromatic rings. The van der Waals surface area contributed by atoms with Gasteiger partial charge in [0.2, 0.25) is 5.79 Å². The summed E-state index contributed by atoms with van der Waals surface area (Å²) in [6, 6.07) is 9.19. The van der Waals surface area contributed by atoms with Crippen molar-refractivity contribution in [3.05, 3.63) is 54.1 Å². The lowest BCUT2D eigenvalue weighted by Gasteiger charge is -2.29. The van der Waals surface area contributed by atoms with E-state index >= 15 is 0 Å². The molecule has 0 fully saturated rings. The van der Waals surface area contributed by atoms with Crippen LogP contribution in [-0.2, 0) is 0 Å². The first-order valence-electron chi connectivity index (χ1n) is 4.68. The van der Waals surface area contributed by atoms with E-state index in [0.717, 1.165) is 5.56 Å². The summed E-state index contributed by atoms with van der Waals surface area (Å²) in [5, 5.41) is -0.822. The summed E-state index contributed by atoms with van der Waals surface area (Å²) in [7, 11) is 0. The Bertz CT molecular complexity index is 409. The highest BCUT2D eigenvalue weighted by Crippen LogP contribution is 2.35. The molecule has 0 saturated carbocycles. The van der Waals surface area contributed by atoms with Gasteiger partial charge in [-0.15, -0.1) is 11.6 Å². The summed E-state index contributed by atoms with van der Waals surface area (Å²) in [6.45, 7) is 0. The Kier molecular flexibility index (Phi) is 2.63. The SMILES string of the molecule is NC1(F)C(c2ccccc2)=CC=CC1Cl. The molecule has 3 heteroatoms. The van der Waals surface area contributed by atoms with E-state index in [2.05, 4.69) is 0 Å². The van der Waals surface area contributed by atoms with Gasteiger partial charge in [-0.1, -0.05) is 48.6 Å². The maximum atomic E-state index is 14.1. The second-order valence-corrected chi connectivity index (χ2v) is 3.97. The molecule has 1 aromatic carbocycles. The molecule has 1 nitrogen and oxygen atoms in total. The summed E-state index contributed by atoms with van der Waals surface area (Å²) in [5.41, 5.74) is 6.76. The summed E-state index contributed by atoms with van der Waals surface area (Å²) >= 11 is 5.83. The molecule has 2 N–H and O–H groups in total. The van der Waals surface area contributed by atoms with E-state index in [0.29, 0.717) is 5.57 Å². The van der Waals surface area contributed by atoms with Crippen molar-refractivity contribution in [2.24, 2.45) is 5.73 Å². The largest absolute Gasteiger partial charge is 0.294 e. The van der Waals surface area contributed by atoms with E-state index in [9.17, 15) is 4.39 Å². The first kappa shape index (κ1) is 10.4. The lowest BCUT2D eigenvalue weighted by molar-refractivity contribution is 0.259. The fourth-order valence-electron chi connectivity index (χ4n) is 1.60. The number of rotatable bonds is 1. The molecule has 2 atom stereocenters. The number of alkyl halides is 2. The zero-order valence-electron chi connectivity index (χ0n) is 8.03. The Morgan fingerprint density at radius 1 is 1.27 bits per heavy atom. The van der Waals surface area contributed by atoms with Crippen LogP contribution in [-0.4, -0.2) is 11.2 Å². The van der Waals surface area contributed by atoms with Crippen molar-refractivity contribution in [3.63, 3.8) is 0 Å². The molecule has 15 heavy (non-hydrogen) atoms. The molecule has 78 valence electrons. The van der Waals surface area contributed by atoms with E-state index in [1.165, 1.54) is 0 Å². The zero-order valence-corrected chi connectivity index (χ0v) is 8.79. The number of hydrogen-bond donors (Lipinski definition) is 1. The number of hydrogen-bond acceptors (Lipinski definition) is 1. The molecule has 0 heterocycles. The fraction of sp³-hybridized carbons (Fsp3) is 0.167. The lowest BCUT2D eigenvalue weighted by atomic mass is 9.91. The van der Waals surface area contributed by atoms with Crippen LogP contribution in [0, 0.1) is 0 Å². The smallest absolute Gasteiger partial charge is 0.205 e. The van der Waals surface area contributed by atoms with Crippen molar-refractivity contribution >= 4 is 17.2 Å². The van der Waals surface area contributed by atoms with E-state index in [1.807, 2.05) is 30.3 Å². The molecule has 0 radical (unpaired) electrons. The van der Waals surface area contributed by atoms with Gasteiger partial charge >= 0.3 is 0 Å². The highest BCUT2D eigenvalue weighted by Gasteiger charge is 2.38. The standard InChI is InChI=1S/C12H11ClFN/c13-11-8-4-7-10(12(11,14)15)9-5-2-1-3-6-9/h1-8,11H,15H2. The van der Waals surface area contributed by atoms with E-state index < -0.39 is 11.2 Å². The van der Waals surface area contributed by atoms with E-state index in [-0.39, 0.29) is 0 Å². The predicted molar refractivity (Wildman–Crippen MR) is 61.2 cm³/mol. The number of halogens is 2. The minimum absolute atomic E-state index is 0.422. The maximum absolute atomic E-state index is 14.1. The molecular weight excluding hydrogens is 213 g/mol. The molecule has 2 rings (SSSR count). The molecule has 1 aliphatic rings. The van der Waals surface area contributed by atoms with Gasteiger partial charge < -0.3 is 0 Å². The number of benzene rings is 1. The van der Waals surface area contributed by atoms with Crippen LogP contribution in [0.25, 0.3) is 5.57 Å². The van der Waals surface area contributed by atoms with Crippen molar-refractivity contribution in [2.75, 3.05) is 0 Å². The van der Waals surface area contributed by atoms with Crippen molar-refractivity contribution in [1.29, 1.82) is 0 Å². The topological polar surface area (TPSA) is 26.0 Å². The molecule has 0 aliphatic heterocycles. The van der Waals surface area contributed by atoms with Gasteiger partial charge in [0.1, 0.15) is 5.38 Å². The molecule has 0 amide bonds. The molecule has 0 bridgehead atoms. The van der Waals surface area contributed by atoms with Gasteiger partial charge in [-0.3, -0.25) is 5.73 Å². The summed E-state index contributed by atoms with van der Waals surface area (Å²) < 4.78 is 14.1. The van der Waals surface area contributed by atoms with Gasteiger partial charge in [0.05, 0.1) is 0 Å². The highest BCUT2D eigenvalue weighted by atomic mass is 35.5. The third-order valence-corrected chi connectivity index (χ3v) is 2.90. The quantitative estimate of drug-likeness (QED) is 0.575. The molecule has 0 spiro atoms. The van der Waals surface area contributed by atoms with Crippen molar-refractivity contribution < 1.29 is 4.39 Å². The number of allylic oxidation sites excluding steroid dienone is 2. The second kappa shape index (κ2) is 3.80. The van der Waals surface area contributed by atoms with Crippen LogP contribution in [0.5, 0.6) is 0 Å². The van der Waals surface area contributed by atoms with E-state index in [4.69, 9.17) is 17.3 Å². The van der Waals surface area contributed by atoms with Gasteiger partial charge in [-0.2, -0.15) is 0 Å². The Morgan fingerprint density at radius 3 is 2.60 bits per heavy atom. The summed E-state index contributed by atoms with van der Waals surface area (Å²) in [5.74, 6) is -2.00. The van der Waals surface area contributed by atoms with Gasteiger partial charge in [0.25, 0.3) is 0 Å². The summed E-state index contributed by atoms with van der Waals surface area (Å²) in [4.78, 5) is 0. The third kappa shape index (κ3) is 1.83. The lowest BCUT2D eigenvalue weighted by Crippen LogP contribution is -2.45. The first-order valence-corrected chi connectivity index (χ1v) is 5.12. The van der Waals surface area contributed by atoms with Crippen LogP contribution in [0.2, 0.25) is 0 Å². The monoisotopic (exact) mass is 223 g/mol. The fourth-order valence-corrected chi connectivity index (χ4v) is 1.80. The molecule has 0 aromatic heterocycles. The van der Waals surface area contributed by atoms with Crippen LogP contribution in [0.1, 0.15) is 5.56 Å². The van der Waals surface area contributed by atoms with Crippen LogP contribution in [0.15, 0.2) is 48.6 Å². The first-order chi connectivity index (χ1) is 7.12. The normalized spacial score (nSPS) is 30.1. The minimum atomic E-state index is -2.00. The average Bonchev–Trinajstić information content (AvgIpc) is 2.23. The second-order valence-electron chi connectivity index (χ2n) is 3.50. The Balaban J connectivity index is 2.45. The maximum Gasteiger partial charge on any atom is 0.205 e. The van der Waals surface area contributed by atoms with Crippen LogP contribution >= 0.6 is 11.6 Å². The Labute approximate surface area is 93.0 Å². The number of nitrogens with two attached hydrogens (primary N) is 1. The van der Waals surface area contributed by atoms with Gasteiger partial charge in [-0.05, 0) is 5.56 Å². The predicted octanol–water partition coefficient (Wildman–Crippen LogP) is 2.87. The van der Waals surface area contributed by atoms with Crippen LogP contribution < -0.4 is 5.73 Å². The van der Waals surface area contributed by atoms with Gasteiger partial charge in [0, 0.05) is 5.57 Å². The molecule has 2 unspecified atom stereocenters. The van der Waals surface area contributed by atoms with Gasteiger partial charge in [-0.25, -0.2) is 4.39 Å². The van der Waals surface area contributed by atoms with Gasteiger partial charge in [0.15, 0.2) is 0 Å². The highest BCUT2D eigenvalue weighted by molar-refractivity contribution is 6.23. The van der Waals surface area contributed by atoms with Crippen LogP contribution in [0.4, 0.5) is 4.39 Å². The van der Waals surface area contributed by atoms with E-state index in [1.54, 1.807) is 18.2 Å². The summed E-state index contributed by atoms with van der Waals surface area (Å²) in [6.07, 6.45) is 4.94. The Hall–Kier alpha value is -1.12. The third-order valence-electron chi connectivity index (χ3n) is 2.44. The van der Waals surface area contributed by atoms with Crippen LogP contribution in [0.3, 0.4) is 0 Å². The Morgan fingerprint density at radius 2 is 1.93 bits per heavy atom. The van der Waals surface area contributed by atoms with Crippen molar-refractivity contribution in [3.8, 4) is 0 Å². The average molecular weight is 224 g/mol.